The Hall–Kier alpha value is -2.78. The Balaban J connectivity index is 1.01. The Morgan fingerprint density at radius 2 is 1.47 bits per heavy atom. The van der Waals surface area contributed by atoms with Crippen LogP contribution in [-0.4, -0.2) is 173 Å². The summed E-state index contributed by atoms with van der Waals surface area (Å²) in [6.45, 7) is -1.45. The van der Waals surface area contributed by atoms with Gasteiger partial charge >= 0.3 is 31.3 Å². The van der Waals surface area contributed by atoms with E-state index in [2.05, 4.69) is 38.8 Å². The smallest absolute Gasteiger partial charge is 0.483 e. The number of rotatable bonds is 24. The molecule has 64 heavy (non-hydrogen) atoms. The van der Waals surface area contributed by atoms with E-state index in [9.17, 15) is 68.4 Å². The number of nitrogens with two attached hydrogens (primary N) is 1. The second kappa shape index (κ2) is 21.9. The zero-order valence-corrected chi connectivity index (χ0v) is 36.5. The molecule has 4 unspecified atom stereocenters. The number of hydrogen-bond donors (Lipinski definition) is 14. The van der Waals surface area contributed by atoms with E-state index in [0.29, 0.717) is 5.70 Å². The fourth-order valence-corrected chi connectivity index (χ4v) is 9.87. The normalized spacial score (nSPS) is 30.1. The molecule has 13 atom stereocenters. The number of aromatic hydroxyl groups is 1. The van der Waals surface area contributed by atoms with Gasteiger partial charge in [-0.15, -0.1) is 5.12 Å². The molecule has 0 saturated carbocycles. The summed E-state index contributed by atoms with van der Waals surface area (Å²) in [7, 11) is -20.4. The Labute approximate surface area is 360 Å². The molecule has 2 aromatic rings. The van der Waals surface area contributed by atoms with E-state index in [1.54, 1.807) is 0 Å². The van der Waals surface area contributed by atoms with Crippen molar-refractivity contribution in [3.63, 3.8) is 0 Å². The molecule has 15 N–H and O–H groups in total. The average Bonchev–Trinajstić information content (AvgIpc) is 3.90. The third-order valence-corrected chi connectivity index (χ3v) is 14.0. The highest BCUT2D eigenvalue weighted by Gasteiger charge is 2.52. The topological polar surface area (TPSA) is 463 Å². The summed E-state index contributed by atoms with van der Waals surface area (Å²) in [6, 6.07) is 2.54. The summed E-state index contributed by atoms with van der Waals surface area (Å²) in [5, 5.41) is 66.6. The molecular formula is C28H47N7O25P4. The van der Waals surface area contributed by atoms with E-state index in [0.717, 1.165) is 18.0 Å². The number of ether oxygens (including phenoxy) is 4. The van der Waals surface area contributed by atoms with Gasteiger partial charge in [-0.3, -0.25) is 22.9 Å². The van der Waals surface area contributed by atoms with Crippen molar-refractivity contribution in [3.05, 3.63) is 30.4 Å². The van der Waals surface area contributed by atoms with Gasteiger partial charge in [0, 0.05) is 43.7 Å². The number of nitrogens with one attached hydrogen (secondary N) is 3. The number of benzene rings is 1. The molecule has 0 aliphatic carbocycles. The molecule has 4 heterocycles. The second-order valence-corrected chi connectivity index (χ2v) is 19.6. The predicted octanol–water partition coefficient (Wildman–Crippen LogP) is -3.45. The van der Waals surface area contributed by atoms with Crippen LogP contribution in [0.1, 0.15) is 12.6 Å². The third kappa shape index (κ3) is 14.4. The van der Waals surface area contributed by atoms with Crippen LogP contribution in [-0.2, 0) is 68.7 Å². The van der Waals surface area contributed by atoms with Crippen molar-refractivity contribution in [3.8, 4) is 5.75 Å². The monoisotopic (exact) mass is 1010 g/mol. The van der Waals surface area contributed by atoms with Crippen molar-refractivity contribution in [1.82, 2.24) is 30.8 Å². The number of fused-ring (bicyclic) bond motifs is 1. The van der Waals surface area contributed by atoms with Gasteiger partial charge in [0.25, 0.3) is 0 Å². The van der Waals surface area contributed by atoms with Crippen LogP contribution in [0, 0.1) is 0 Å². The summed E-state index contributed by atoms with van der Waals surface area (Å²) < 4.78 is 96.8. The Bertz CT molecular complexity index is 2150. The zero-order valence-electron chi connectivity index (χ0n) is 33.0. The fourth-order valence-electron chi connectivity index (χ4n) is 5.84. The first-order chi connectivity index (χ1) is 29.9. The molecule has 2 saturated heterocycles. The highest BCUT2D eigenvalue weighted by molar-refractivity contribution is 7.61. The highest BCUT2D eigenvalue weighted by Crippen LogP contribution is 2.63. The summed E-state index contributed by atoms with van der Waals surface area (Å²) in [6.07, 6.45) is -14.8. The molecular weight excluding hydrogens is 958 g/mol. The van der Waals surface area contributed by atoms with Gasteiger partial charge in [-0.25, -0.2) is 23.2 Å². The summed E-state index contributed by atoms with van der Waals surface area (Å²) in [4.78, 5) is 55.2. The van der Waals surface area contributed by atoms with Crippen LogP contribution in [0.5, 0.6) is 5.75 Å². The quantitative estimate of drug-likeness (QED) is 0.0276. The SMILES string of the molecule is COP(=O)(O)OP(=O)(O)OCCOCCOCC(=O)NCCC1=CNN(C[C@@H]2O[C@H](OP(=O)(O)OP(=O)(O)O[C@H]3O[C@@H](n4cnc5c(O)cc(N)cc54)[C@H](O)[C@@H]3O)[C@@H](O)[C@H](O)[C@@H]2O)N1. The summed E-state index contributed by atoms with van der Waals surface area (Å²) >= 11 is 0. The van der Waals surface area contributed by atoms with Crippen molar-refractivity contribution in [2.24, 2.45) is 0 Å². The Morgan fingerprint density at radius 3 is 2.16 bits per heavy atom. The van der Waals surface area contributed by atoms with Crippen LogP contribution in [0.4, 0.5) is 5.69 Å². The van der Waals surface area contributed by atoms with Crippen LogP contribution >= 0.6 is 31.3 Å². The average molecular weight is 1010 g/mol. The summed E-state index contributed by atoms with van der Waals surface area (Å²) in [5.74, 6) is -0.833. The lowest BCUT2D eigenvalue weighted by atomic mass is 9.99. The number of phosphoric ester groups is 4. The largest absolute Gasteiger partial charge is 0.506 e. The third-order valence-electron chi connectivity index (χ3n) is 8.78. The number of imidazole rings is 1. The van der Waals surface area contributed by atoms with Crippen LogP contribution in [0.15, 0.2) is 30.4 Å². The van der Waals surface area contributed by atoms with E-state index < -0.39 is 99.2 Å². The number of aliphatic hydroxyl groups is 5. The van der Waals surface area contributed by atoms with E-state index in [-0.39, 0.29) is 68.4 Å². The maximum absolute atomic E-state index is 12.9. The van der Waals surface area contributed by atoms with Gasteiger partial charge in [0.15, 0.2) is 18.8 Å². The lowest BCUT2D eigenvalue weighted by molar-refractivity contribution is -0.279. The maximum Gasteiger partial charge on any atom is 0.483 e. The summed E-state index contributed by atoms with van der Waals surface area (Å²) in [5.41, 5.74) is 12.1. The number of hydrogen-bond acceptors (Lipinski definition) is 26. The molecule has 32 nitrogen and oxygen atoms in total. The molecule has 3 aliphatic rings. The first-order valence-electron chi connectivity index (χ1n) is 18.3. The van der Waals surface area contributed by atoms with Gasteiger partial charge in [0.1, 0.15) is 54.5 Å². The van der Waals surface area contributed by atoms with E-state index in [1.807, 2.05) is 0 Å². The minimum absolute atomic E-state index is 0.0239. The van der Waals surface area contributed by atoms with Crippen molar-refractivity contribution >= 4 is 53.9 Å². The number of hydrazine groups is 2. The minimum Gasteiger partial charge on any atom is -0.506 e. The highest BCUT2D eigenvalue weighted by atomic mass is 31.3. The second-order valence-electron chi connectivity index (χ2n) is 13.5. The Kier molecular flexibility index (Phi) is 17.9. The number of anilines is 1. The first kappa shape index (κ1) is 52.2. The van der Waals surface area contributed by atoms with Gasteiger partial charge in [-0.1, -0.05) is 0 Å². The molecule has 1 aromatic heterocycles. The van der Waals surface area contributed by atoms with Gasteiger partial charge in [-0.05, 0) is 6.07 Å². The number of nitrogens with zero attached hydrogens (tertiary/aromatic N) is 3. The maximum atomic E-state index is 12.9. The van der Waals surface area contributed by atoms with Crippen LogP contribution in [0.3, 0.4) is 0 Å². The zero-order chi connectivity index (χ0) is 47.2. The molecule has 1 amide bonds. The van der Waals surface area contributed by atoms with Crippen LogP contribution in [0.25, 0.3) is 11.0 Å². The molecule has 5 rings (SSSR count). The number of nitrogen functional groups attached to an aromatic ring is 1. The number of phenolic OH excluding ortho intramolecular Hbond substituents is 1. The van der Waals surface area contributed by atoms with E-state index in [4.69, 9.17) is 38.6 Å². The number of aromatic nitrogens is 2. The molecule has 0 bridgehead atoms. The number of phenols is 1. The van der Waals surface area contributed by atoms with Crippen LogP contribution < -0.4 is 21.9 Å². The number of aliphatic hydroxyl groups excluding tert-OH is 5. The molecule has 1 aromatic carbocycles. The van der Waals surface area contributed by atoms with Gasteiger partial charge < -0.3 is 95.6 Å². The van der Waals surface area contributed by atoms with Gasteiger partial charge in [0.05, 0.1) is 44.8 Å². The fraction of sp³-hybridized carbons (Fsp3) is 0.643. The van der Waals surface area contributed by atoms with Gasteiger partial charge in [0.2, 0.25) is 5.91 Å². The van der Waals surface area contributed by atoms with Crippen molar-refractivity contribution in [2.45, 2.75) is 61.9 Å². The number of carbonyl (C=O) groups is 1. The molecule has 0 spiro atoms. The molecule has 364 valence electrons. The molecule has 3 aliphatic heterocycles. The van der Waals surface area contributed by atoms with Gasteiger partial charge in [-0.2, -0.15) is 8.62 Å². The minimum atomic E-state index is -5.80. The predicted molar refractivity (Wildman–Crippen MR) is 205 cm³/mol. The molecule has 36 heteroatoms. The van der Waals surface area contributed by atoms with Crippen molar-refractivity contribution < 1.29 is 119 Å². The lowest BCUT2D eigenvalue weighted by Gasteiger charge is -2.41. The molecule has 0 radical (unpaired) electrons. The van der Waals surface area contributed by atoms with Crippen molar-refractivity contribution in [2.75, 3.05) is 59.0 Å². The number of carbonyl (C=O) groups excluding carboxylic acids is 1. The Morgan fingerprint density at radius 1 is 0.844 bits per heavy atom. The van der Waals surface area contributed by atoms with Crippen molar-refractivity contribution in [1.29, 1.82) is 0 Å². The number of amides is 1. The van der Waals surface area contributed by atoms with Crippen LogP contribution in [0.2, 0.25) is 0 Å². The number of phosphoric acid groups is 4. The lowest BCUT2D eigenvalue weighted by Crippen LogP contribution is -2.61. The van der Waals surface area contributed by atoms with E-state index >= 15 is 0 Å². The van der Waals surface area contributed by atoms with E-state index in [1.165, 1.54) is 23.5 Å². The standard InChI is InChI=1S/C28H47N7O25P4/c1-51-61(43,44)59-62(45,46)54-7-6-52-4-5-53-12-19(37)30-3-2-15-10-32-35(33-15)11-18-21(38)22(39)24(41)27(55-18)57-63(47,48)60-64(49,50)58-28-25(42)23(40)26(56-28)34-13-31-20-16(34)8-14(29)9-17(20)36/h8-10,13,18,21-28,32-33,36,38-42H,2-7,11-12,29H2,1H3,(H,30,37)(H,43,44)(H,45,46)(H,47,48)(H,49,50)/t18-,21+,22+,23+,24-,25-,26+,27+,28+/m0/s1. The molecule has 2 fully saturated rings. The first-order valence-corrected chi connectivity index (χ1v) is 24.3.